The van der Waals surface area contributed by atoms with Crippen LogP contribution in [0.25, 0.3) is 0 Å². The Morgan fingerprint density at radius 2 is 1.75 bits per heavy atom. The number of aromatic nitrogens is 3. The maximum absolute atomic E-state index is 4.25. The fourth-order valence-corrected chi connectivity index (χ4v) is 2.37. The van der Waals surface area contributed by atoms with Crippen LogP contribution in [0.2, 0.25) is 0 Å². The molecule has 4 heteroatoms. The van der Waals surface area contributed by atoms with Crippen LogP contribution in [0.5, 0.6) is 0 Å². The normalized spacial score (nSPS) is 12.6. The Kier molecular flexibility index (Phi) is 4.90. The third kappa shape index (κ3) is 3.25. The summed E-state index contributed by atoms with van der Waals surface area (Å²) < 4.78 is 2.08. The molecule has 1 heterocycles. The Hall–Kier alpha value is -1.68. The monoisotopic (exact) mass is 272 g/mol. The fraction of sp³-hybridized carbons (Fsp3) is 0.500. The van der Waals surface area contributed by atoms with E-state index < -0.39 is 0 Å². The molecule has 0 amide bonds. The molecule has 0 bridgehead atoms. The van der Waals surface area contributed by atoms with E-state index in [0.29, 0.717) is 6.04 Å². The molecule has 0 aliphatic heterocycles. The van der Waals surface area contributed by atoms with Gasteiger partial charge in [-0.25, -0.2) is 0 Å². The Morgan fingerprint density at radius 1 is 1.10 bits per heavy atom. The largest absolute Gasteiger partial charge is 0.317 e. The van der Waals surface area contributed by atoms with Crippen molar-refractivity contribution in [1.82, 2.24) is 20.1 Å². The van der Waals surface area contributed by atoms with Crippen molar-refractivity contribution in [3.63, 3.8) is 0 Å². The van der Waals surface area contributed by atoms with Crippen LogP contribution in [0, 0.1) is 6.92 Å². The van der Waals surface area contributed by atoms with E-state index in [0.717, 1.165) is 31.0 Å². The van der Waals surface area contributed by atoms with Gasteiger partial charge in [0, 0.05) is 19.5 Å². The Labute approximate surface area is 121 Å². The minimum atomic E-state index is 0.359. The van der Waals surface area contributed by atoms with Crippen LogP contribution in [0.15, 0.2) is 24.3 Å². The minimum absolute atomic E-state index is 0.359. The van der Waals surface area contributed by atoms with Crippen LogP contribution in [0.4, 0.5) is 0 Å². The van der Waals surface area contributed by atoms with Crippen molar-refractivity contribution >= 4 is 0 Å². The molecule has 0 aliphatic carbocycles. The number of rotatable bonds is 6. The molecule has 1 atom stereocenters. The summed E-state index contributed by atoms with van der Waals surface area (Å²) in [6.07, 6.45) is 1.97. The molecule has 0 aliphatic rings. The molecule has 108 valence electrons. The van der Waals surface area contributed by atoms with Gasteiger partial charge < -0.3 is 9.88 Å². The van der Waals surface area contributed by atoms with Crippen molar-refractivity contribution in [1.29, 1.82) is 0 Å². The van der Waals surface area contributed by atoms with E-state index in [1.54, 1.807) is 0 Å². The van der Waals surface area contributed by atoms with Gasteiger partial charge in [0.15, 0.2) is 0 Å². The molecule has 0 fully saturated rings. The highest BCUT2D eigenvalue weighted by Gasteiger charge is 2.11. The minimum Gasteiger partial charge on any atom is -0.317 e. The second-order valence-electron chi connectivity index (χ2n) is 5.20. The molecular weight excluding hydrogens is 248 g/mol. The number of hydrogen-bond donors (Lipinski definition) is 1. The lowest BCUT2D eigenvalue weighted by Gasteiger charge is -2.17. The van der Waals surface area contributed by atoms with Crippen molar-refractivity contribution in [2.75, 3.05) is 0 Å². The van der Waals surface area contributed by atoms with Crippen molar-refractivity contribution in [3.8, 4) is 0 Å². The quantitative estimate of drug-likeness (QED) is 0.879. The third-order valence-electron chi connectivity index (χ3n) is 3.77. The van der Waals surface area contributed by atoms with Crippen LogP contribution in [-0.4, -0.2) is 14.8 Å². The number of benzene rings is 1. The van der Waals surface area contributed by atoms with Crippen LogP contribution >= 0.6 is 0 Å². The highest BCUT2D eigenvalue weighted by molar-refractivity contribution is 5.24. The molecule has 1 aromatic carbocycles. The van der Waals surface area contributed by atoms with E-state index in [4.69, 9.17) is 0 Å². The van der Waals surface area contributed by atoms with E-state index in [2.05, 4.69) is 65.1 Å². The van der Waals surface area contributed by atoms with Gasteiger partial charge >= 0.3 is 0 Å². The summed E-state index contributed by atoms with van der Waals surface area (Å²) in [5.41, 5.74) is 2.63. The van der Waals surface area contributed by atoms with Gasteiger partial charge in [-0.2, -0.15) is 0 Å². The first-order chi connectivity index (χ1) is 9.65. The zero-order valence-electron chi connectivity index (χ0n) is 12.8. The summed E-state index contributed by atoms with van der Waals surface area (Å²) >= 11 is 0. The molecule has 2 aromatic rings. The Bertz CT molecular complexity index is 542. The summed E-state index contributed by atoms with van der Waals surface area (Å²) in [6, 6.07) is 9.08. The molecule has 1 unspecified atom stereocenters. The van der Waals surface area contributed by atoms with Gasteiger partial charge in [0.05, 0.1) is 6.54 Å². The SMILES string of the molecule is CCc1nnc(CNC(CC)c2ccc(C)cc2)n1C. The number of nitrogens with one attached hydrogen (secondary N) is 1. The molecule has 0 saturated heterocycles. The zero-order valence-corrected chi connectivity index (χ0v) is 12.8. The van der Waals surface area contributed by atoms with Crippen LogP contribution < -0.4 is 5.32 Å². The molecule has 0 spiro atoms. The van der Waals surface area contributed by atoms with E-state index in [1.807, 2.05) is 7.05 Å². The highest BCUT2D eigenvalue weighted by Crippen LogP contribution is 2.17. The van der Waals surface area contributed by atoms with Gasteiger partial charge in [-0.05, 0) is 18.9 Å². The lowest BCUT2D eigenvalue weighted by Crippen LogP contribution is -2.22. The van der Waals surface area contributed by atoms with Crippen LogP contribution in [-0.2, 0) is 20.0 Å². The van der Waals surface area contributed by atoms with Gasteiger partial charge in [-0.3, -0.25) is 0 Å². The first-order valence-corrected chi connectivity index (χ1v) is 7.32. The first kappa shape index (κ1) is 14.7. The number of aryl methyl sites for hydroxylation is 2. The molecular formula is C16H24N4. The smallest absolute Gasteiger partial charge is 0.146 e. The maximum atomic E-state index is 4.25. The standard InChI is InChI=1S/C16H24N4/c1-5-14(13-9-7-12(3)8-10-13)17-11-16-19-18-15(6-2)20(16)4/h7-10,14,17H,5-6,11H2,1-4H3. The topological polar surface area (TPSA) is 42.7 Å². The van der Waals surface area contributed by atoms with Gasteiger partial charge in [-0.1, -0.05) is 43.7 Å². The lowest BCUT2D eigenvalue weighted by molar-refractivity contribution is 0.500. The second-order valence-corrected chi connectivity index (χ2v) is 5.20. The molecule has 1 N–H and O–H groups in total. The van der Waals surface area contributed by atoms with E-state index in [-0.39, 0.29) is 0 Å². The number of nitrogens with zero attached hydrogens (tertiary/aromatic N) is 3. The Balaban J connectivity index is 2.03. The Morgan fingerprint density at radius 3 is 2.30 bits per heavy atom. The summed E-state index contributed by atoms with van der Waals surface area (Å²) in [7, 11) is 2.03. The van der Waals surface area contributed by atoms with Gasteiger partial charge in [0.25, 0.3) is 0 Å². The molecule has 20 heavy (non-hydrogen) atoms. The van der Waals surface area contributed by atoms with Crippen molar-refractivity contribution in [2.45, 2.75) is 46.2 Å². The predicted octanol–water partition coefficient (Wildman–Crippen LogP) is 2.93. The van der Waals surface area contributed by atoms with Crippen LogP contribution in [0.3, 0.4) is 0 Å². The summed E-state index contributed by atoms with van der Waals surface area (Å²) in [4.78, 5) is 0. The molecule has 2 rings (SSSR count). The molecule has 0 saturated carbocycles. The number of hydrogen-bond acceptors (Lipinski definition) is 3. The van der Waals surface area contributed by atoms with Crippen molar-refractivity contribution in [3.05, 3.63) is 47.0 Å². The average molecular weight is 272 g/mol. The van der Waals surface area contributed by atoms with E-state index >= 15 is 0 Å². The third-order valence-corrected chi connectivity index (χ3v) is 3.77. The average Bonchev–Trinajstić information content (AvgIpc) is 2.82. The van der Waals surface area contributed by atoms with Crippen molar-refractivity contribution < 1.29 is 0 Å². The molecule has 4 nitrogen and oxygen atoms in total. The van der Waals surface area contributed by atoms with Crippen molar-refractivity contribution in [2.24, 2.45) is 7.05 Å². The summed E-state index contributed by atoms with van der Waals surface area (Å²) in [5, 5.41) is 12.0. The molecule has 0 radical (unpaired) electrons. The van der Waals surface area contributed by atoms with Crippen LogP contribution in [0.1, 0.15) is 49.1 Å². The second kappa shape index (κ2) is 6.66. The molecule has 1 aromatic heterocycles. The highest BCUT2D eigenvalue weighted by atomic mass is 15.3. The summed E-state index contributed by atoms with van der Waals surface area (Å²) in [6.45, 7) is 7.16. The van der Waals surface area contributed by atoms with Gasteiger partial charge in [-0.15, -0.1) is 10.2 Å². The lowest BCUT2D eigenvalue weighted by atomic mass is 10.0. The fourth-order valence-electron chi connectivity index (χ4n) is 2.37. The first-order valence-electron chi connectivity index (χ1n) is 7.32. The van der Waals surface area contributed by atoms with E-state index in [1.165, 1.54) is 11.1 Å². The van der Waals surface area contributed by atoms with Gasteiger partial charge in [0.2, 0.25) is 0 Å². The predicted molar refractivity (Wildman–Crippen MR) is 81.4 cm³/mol. The van der Waals surface area contributed by atoms with E-state index in [9.17, 15) is 0 Å². The maximum Gasteiger partial charge on any atom is 0.146 e. The summed E-state index contributed by atoms with van der Waals surface area (Å²) in [5.74, 6) is 2.03. The van der Waals surface area contributed by atoms with Gasteiger partial charge in [0.1, 0.15) is 11.6 Å². The zero-order chi connectivity index (χ0) is 14.5.